The van der Waals surface area contributed by atoms with E-state index < -0.39 is 0 Å². The summed E-state index contributed by atoms with van der Waals surface area (Å²) in [6, 6.07) is 21.2. The minimum absolute atomic E-state index is 0.214. The van der Waals surface area contributed by atoms with Gasteiger partial charge >= 0.3 is 0 Å². The highest BCUT2D eigenvalue weighted by Crippen LogP contribution is 2.18. The zero-order chi connectivity index (χ0) is 21.9. The Hall–Kier alpha value is -4.72. The van der Waals surface area contributed by atoms with Gasteiger partial charge in [-0.2, -0.15) is 0 Å². The average molecular weight is 423 g/mol. The van der Waals surface area contributed by atoms with Gasteiger partial charge in [0.15, 0.2) is 5.76 Å². The highest BCUT2D eigenvalue weighted by atomic mass is 16.3. The van der Waals surface area contributed by atoms with Gasteiger partial charge in [0.2, 0.25) is 0 Å². The van der Waals surface area contributed by atoms with Gasteiger partial charge in [-0.3, -0.25) is 14.2 Å². The van der Waals surface area contributed by atoms with E-state index in [2.05, 4.69) is 20.6 Å². The van der Waals surface area contributed by atoms with Crippen molar-refractivity contribution in [3.8, 4) is 5.82 Å². The third-order valence-corrected chi connectivity index (χ3v) is 4.86. The molecule has 0 atom stereocenters. The van der Waals surface area contributed by atoms with Crippen LogP contribution in [0.4, 0.5) is 11.4 Å². The molecule has 3 heterocycles. The molecule has 0 aliphatic carbocycles. The molecule has 8 nitrogen and oxygen atoms in total. The Morgan fingerprint density at radius 2 is 1.56 bits per heavy atom. The average Bonchev–Trinajstić information content (AvgIpc) is 3.51. The lowest BCUT2D eigenvalue weighted by Gasteiger charge is -2.08. The number of amides is 2. The maximum Gasteiger partial charge on any atom is 0.291 e. The fraction of sp³-hybridized carbons (Fsp3) is 0. The van der Waals surface area contributed by atoms with Gasteiger partial charge in [0, 0.05) is 11.3 Å². The van der Waals surface area contributed by atoms with Crippen LogP contribution in [0.5, 0.6) is 0 Å². The monoisotopic (exact) mass is 423 g/mol. The molecule has 2 aromatic carbocycles. The van der Waals surface area contributed by atoms with Gasteiger partial charge in [-0.1, -0.05) is 12.1 Å². The first-order valence-electron chi connectivity index (χ1n) is 9.82. The number of imidazole rings is 1. The first-order valence-corrected chi connectivity index (χ1v) is 9.82. The number of para-hydroxylation sites is 2. The number of fused-ring (bicyclic) bond motifs is 1. The number of carbonyl (C=O) groups excluding carboxylic acids is 2. The van der Waals surface area contributed by atoms with Crippen molar-refractivity contribution >= 4 is 34.2 Å². The Morgan fingerprint density at radius 1 is 0.781 bits per heavy atom. The summed E-state index contributed by atoms with van der Waals surface area (Å²) in [6.07, 6.45) is 4.75. The van der Waals surface area contributed by atoms with Crippen LogP contribution in [0.2, 0.25) is 0 Å². The van der Waals surface area contributed by atoms with Crippen molar-refractivity contribution in [3.63, 3.8) is 0 Å². The second-order valence-electron chi connectivity index (χ2n) is 6.97. The van der Waals surface area contributed by atoms with Gasteiger partial charge in [-0.15, -0.1) is 0 Å². The summed E-state index contributed by atoms with van der Waals surface area (Å²) in [6.45, 7) is 0. The van der Waals surface area contributed by atoms with E-state index in [4.69, 9.17) is 4.42 Å². The molecular formula is C24H17N5O3. The van der Waals surface area contributed by atoms with Gasteiger partial charge in [-0.25, -0.2) is 9.97 Å². The molecule has 0 bridgehead atoms. The molecular weight excluding hydrogens is 406 g/mol. The molecule has 0 spiro atoms. The fourth-order valence-electron chi connectivity index (χ4n) is 3.25. The van der Waals surface area contributed by atoms with Crippen molar-refractivity contribution in [1.82, 2.24) is 14.5 Å². The first-order chi connectivity index (χ1) is 15.7. The summed E-state index contributed by atoms with van der Waals surface area (Å²) in [5, 5.41) is 5.53. The van der Waals surface area contributed by atoms with Crippen LogP contribution in [0.15, 0.2) is 96.0 Å². The number of rotatable bonds is 5. The number of pyridine rings is 1. The largest absolute Gasteiger partial charge is 0.459 e. The van der Waals surface area contributed by atoms with Crippen LogP contribution in [-0.2, 0) is 0 Å². The van der Waals surface area contributed by atoms with Crippen molar-refractivity contribution in [2.24, 2.45) is 0 Å². The molecule has 2 amide bonds. The number of hydrogen-bond donors (Lipinski definition) is 2. The zero-order valence-electron chi connectivity index (χ0n) is 16.7. The van der Waals surface area contributed by atoms with E-state index in [9.17, 15) is 9.59 Å². The molecule has 2 N–H and O–H groups in total. The summed E-state index contributed by atoms with van der Waals surface area (Å²) in [5.41, 5.74) is 3.41. The molecule has 5 rings (SSSR count). The van der Waals surface area contributed by atoms with Crippen molar-refractivity contribution in [2.75, 3.05) is 10.6 Å². The van der Waals surface area contributed by atoms with Crippen LogP contribution < -0.4 is 10.6 Å². The number of nitrogens with zero attached hydrogens (tertiary/aromatic N) is 3. The summed E-state index contributed by atoms with van der Waals surface area (Å²) in [7, 11) is 0. The van der Waals surface area contributed by atoms with Crippen molar-refractivity contribution in [3.05, 3.63) is 103 Å². The van der Waals surface area contributed by atoms with Gasteiger partial charge in [0.1, 0.15) is 12.1 Å². The molecule has 32 heavy (non-hydrogen) atoms. The van der Waals surface area contributed by atoms with Crippen molar-refractivity contribution < 1.29 is 14.0 Å². The third kappa shape index (κ3) is 3.84. The summed E-state index contributed by atoms with van der Waals surface area (Å²) < 4.78 is 6.95. The molecule has 0 saturated carbocycles. The lowest BCUT2D eigenvalue weighted by Crippen LogP contribution is -2.13. The van der Waals surface area contributed by atoms with Crippen LogP contribution in [0, 0.1) is 0 Å². The van der Waals surface area contributed by atoms with Crippen LogP contribution in [0.25, 0.3) is 16.9 Å². The third-order valence-electron chi connectivity index (χ3n) is 4.86. The smallest absolute Gasteiger partial charge is 0.291 e. The molecule has 0 saturated heterocycles. The van der Waals surface area contributed by atoms with Gasteiger partial charge < -0.3 is 15.1 Å². The number of benzene rings is 2. The Morgan fingerprint density at radius 3 is 2.31 bits per heavy atom. The van der Waals surface area contributed by atoms with E-state index in [1.54, 1.807) is 55.0 Å². The van der Waals surface area contributed by atoms with E-state index in [0.717, 1.165) is 11.0 Å². The summed E-state index contributed by atoms with van der Waals surface area (Å²) in [4.78, 5) is 33.4. The van der Waals surface area contributed by atoms with E-state index >= 15 is 0 Å². The summed E-state index contributed by atoms with van der Waals surface area (Å²) in [5.74, 6) is 0.278. The minimum atomic E-state index is -0.357. The number of furan rings is 1. The predicted octanol–water partition coefficient (Wildman–Crippen LogP) is 4.52. The molecule has 156 valence electrons. The van der Waals surface area contributed by atoms with Gasteiger partial charge in [0.25, 0.3) is 11.8 Å². The standard InChI is InChI=1S/C24H17N5O3/c30-23(16-7-9-17(10-8-16)27-24(31)21-6-3-13-32-21)28-18-11-12-22(25-14-18)29-15-26-19-4-1-2-5-20(19)29/h1-15H,(H,27,31)(H,28,30). The first kappa shape index (κ1) is 19.3. The Kier molecular flexibility index (Phi) is 4.93. The highest BCUT2D eigenvalue weighted by molar-refractivity contribution is 6.05. The van der Waals surface area contributed by atoms with E-state index in [0.29, 0.717) is 22.8 Å². The highest BCUT2D eigenvalue weighted by Gasteiger charge is 2.11. The van der Waals surface area contributed by atoms with Gasteiger partial charge in [-0.05, 0) is 60.7 Å². The lowest BCUT2D eigenvalue weighted by molar-refractivity contribution is 0.0995. The van der Waals surface area contributed by atoms with Gasteiger partial charge in [0.05, 0.1) is 29.2 Å². The van der Waals surface area contributed by atoms with E-state index in [1.165, 1.54) is 6.26 Å². The topological polar surface area (TPSA) is 102 Å². The van der Waals surface area contributed by atoms with Crippen LogP contribution in [-0.4, -0.2) is 26.3 Å². The molecule has 3 aromatic heterocycles. The zero-order valence-corrected chi connectivity index (χ0v) is 16.7. The molecule has 5 aromatic rings. The lowest BCUT2D eigenvalue weighted by atomic mass is 10.2. The normalized spacial score (nSPS) is 10.8. The quantitative estimate of drug-likeness (QED) is 0.433. The molecule has 0 radical (unpaired) electrons. The van der Waals surface area contributed by atoms with E-state index in [1.807, 2.05) is 34.9 Å². The number of anilines is 2. The maximum atomic E-state index is 12.6. The van der Waals surface area contributed by atoms with Crippen LogP contribution in [0.1, 0.15) is 20.9 Å². The number of nitrogens with one attached hydrogen (secondary N) is 2. The molecule has 0 fully saturated rings. The Balaban J connectivity index is 1.25. The number of hydrogen-bond acceptors (Lipinski definition) is 5. The SMILES string of the molecule is O=C(Nc1ccc(-n2cnc3ccccc32)nc1)c1ccc(NC(=O)c2ccco2)cc1. The Bertz CT molecular complexity index is 1390. The fourth-order valence-corrected chi connectivity index (χ4v) is 3.25. The number of carbonyl (C=O) groups is 2. The molecule has 0 aliphatic rings. The molecule has 0 unspecified atom stereocenters. The second kappa shape index (κ2) is 8.19. The Labute approximate surface area is 182 Å². The number of aromatic nitrogens is 3. The maximum absolute atomic E-state index is 12.6. The second-order valence-corrected chi connectivity index (χ2v) is 6.97. The van der Waals surface area contributed by atoms with Crippen molar-refractivity contribution in [1.29, 1.82) is 0 Å². The summed E-state index contributed by atoms with van der Waals surface area (Å²) >= 11 is 0. The predicted molar refractivity (Wildman–Crippen MR) is 120 cm³/mol. The van der Waals surface area contributed by atoms with Crippen molar-refractivity contribution in [2.45, 2.75) is 0 Å². The molecule has 0 aliphatic heterocycles. The van der Waals surface area contributed by atoms with Crippen LogP contribution in [0.3, 0.4) is 0 Å². The van der Waals surface area contributed by atoms with E-state index in [-0.39, 0.29) is 17.6 Å². The minimum Gasteiger partial charge on any atom is -0.459 e. The van der Waals surface area contributed by atoms with Crippen LogP contribution >= 0.6 is 0 Å². The molecule has 8 heteroatoms.